The van der Waals surface area contributed by atoms with Gasteiger partial charge >= 0.3 is 0 Å². The summed E-state index contributed by atoms with van der Waals surface area (Å²) in [5, 5.41) is 3.15. The molecule has 2 amide bonds. The predicted octanol–water partition coefficient (Wildman–Crippen LogP) is 2.39. The van der Waals surface area contributed by atoms with Crippen LogP contribution >= 0.6 is 0 Å². The molecule has 39 heavy (non-hydrogen) atoms. The summed E-state index contributed by atoms with van der Waals surface area (Å²) in [4.78, 5) is 33.9. The number of hydrogen-bond acceptors (Lipinski definition) is 8. The Kier molecular flexibility index (Phi) is 9.19. The topological polar surface area (TPSA) is 92.8 Å². The Morgan fingerprint density at radius 3 is 2.13 bits per heavy atom. The van der Waals surface area contributed by atoms with E-state index >= 15 is 0 Å². The second kappa shape index (κ2) is 12.6. The van der Waals surface area contributed by atoms with E-state index in [2.05, 4.69) is 22.2 Å². The lowest BCUT2D eigenvalue weighted by molar-refractivity contribution is -0.124. The van der Waals surface area contributed by atoms with E-state index in [0.29, 0.717) is 40.7 Å². The first-order valence-electron chi connectivity index (χ1n) is 13.3. The van der Waals surface area contributed by atoms with E-state index in [1.54, 1.807) is 51.5 Å². The van der Waals surface area contributed by atoms with Gasteiger partial charge in [-0.05, 0) is 55.4 Å². The van der Waals surface area contributed by atoms with E-state index in [1.165, 1.54) is 7.11 Å². The molecule has 0 saturated carbocycles. The van der Waals surface area contributed by atoms with Crippen molar-refractivity contribution in [2.45, 2.75) is 18.4 Å². The predicted molar refractivity (Wildman–Crippen MR) is 148 cm³/mol. The van der Waals surface area contributed by atoms with Crippen LogP contribution in [0.3, 0.4) is 0 Å². The molecular formula is C29H40N4O6. The zero-order valence-corrected chi connectivity index (χ0v) is 23.8. The fraction of sp³-hybridized carbons (Fsp3) is 0.517. The number of rotatable bonds is 10. The minimum absolute atomic E-state index is 0.152. The minimum Gasteiger partial charge on any atom is -0.493 e. The second-order valence-electron chi connectivity index (χ2n) is 10.0. The number of nitrogens with zero attached hydrogens (tertiary/aromatic N) is 3. The van der Waals surface area contributed by atoms with E-state index in [0.717, 1.165) is 44.7 Å². The van der Waals surface area contributed by atoms with Gasteiger partial charge in [-0.3, -0.25) is 9.59 Å². The first kappa shape index (κ1) is 28.5. The van der Waals surface area contributed by atoms with Gasteiger partial charge in [0.25, 0.3) is 5.91 Å². The lowest BCUT2D eigenvalue weighted by Crippen LogP contribution is -2.47. The summed E-state index contributed by atoms with van der Waals surface area (Å²) in [7, 11) is 10.1. The summed E-state index contributed by atoms with van der Waals surface area (Å²) in [6, 6.07) is 8.33. The Morgan fingerprint density at radius 2 is 1.49 bits per heavy atom. The number of carbonyl (C=O) groups excluding carboxylic acids is 2. The summed E-state index contributed by atoms with van der Waals surface area (Å²) < 4.78 is 21.9. The van der Waals surface area contributed by atoms with Crippen molar-refractivity contribution >= 4 is 11.8 Å². The van der Waals surface area contributed by atoms with Gasteiger partial charge in [0.05, 0.1) is 40.4 Å². The van der Waals surface area contributed by atoms with E-state index < -0.39 is 12.0 Å². The highest BCUT2D eigenvalue weighted by Crippen LogP contribution is 2.46. The van der Waals surface area contributed by atoms with Crippen molar-refractivity contribution in [1.82, 2.24) is 20.0 Å². The summed E-state index contributed by atoms with van der Waals surface area (Å²) in [5.74, 6) is 0.972. The number of piperazine rings is 1. The molecule has 2 aliphatic rings. The molecule has 1 fully saturated rings. The monoisotopic (exact) mass is 540 g/mol. The van der Waals surface area contributed by atoms with Gasteiger partial charge in [-0.25, -0.2) is 0 Å². The molecule has 2 heterocycles. The van der Waals surface area contributed by atoms with E-state index in [9.17, 15) is 9.59 Å². The van der Waals surface area contributed by atoms with Crippen molar-refractivity contribution in [2.24, 2.45) is 0 Å². The Bertz CT molecular complexity index is 1180. The number of methoxy groups -OCH3 is 4. The van der Waals surface area contributed by atoms with E-state index in [1.807, 2.05) is 12.1 Å². The molecule has 0 aliphatic carbocycles. The van der Waals surface area contributed by atoms with Crippen LogP contribution in [0.4, 0.5) is 0 Å². The van der Waals surface area contributed by atoms with Gasteiger partial charge in [0.1, 0.15) is 0 Å². The van der Waals surface area contributed by atoms with Crippen LogP contribution in [0.1, 0.15) is 39.9 Å². The minimum atomic E-state index is -0.677. The summed E-state index contributed by atoms with van der Waals surface area (Å²) >= 11 is 0. The van der Waals surface area contributed by atoms with E-state index in [-0.39, 0.29) is 11.8 Å². The smallest absolute Gasteiger partial charge is 0.254 e. The molecule has 212 valence electrons. The molecule has 2 aromatic carbocycles. The molecule has 10 heteroatoms. The lowest BCUT2D eigenvalue weighted by Gasteiger charge is -2.40. The van der Waals surface area contributed by atoms with Crippen molar-refractivity contribution in [3.8, 4) is 23.0 Å². The normalized spacial score (nSPS) is 19.8. The number of carbonyl (C=O) groups is 2. The maximum absolute atomic E-state index is 13.9. The second-order valence-corrected chi connectivity index (χ2v) is 10.0. The quantitative estimate of drug-likeness (QED) is 0.460. The molecule has 2 aromatic rings. The number of fused-ring (bicyclic) bond motifs is 1. The average Bonchev–Trinajstić information content (AvgIpc) is 2.96. The molecule has 0 aromatic heterocycles. The number of ether oxygens (including phenoxy) is 4. The van der Waals surface area contributed by atoms with Gasteiger partial charge in [-0.1, -0.05) is 6.07 Å². The fourth-order valence-corrected chi connectivity index (χ4v) is 5.48. The van der Waals surface area contributed by atoms with Crippen LogP contribution < -0.4 is 24.3 Å². The number of benzene rings is 2. The molecule has 0 bridgehead atoms. The zero-order valence-electron chi connectivity index (χ0n) is 23.8. The molecule has 10 nitrogen and oxygen atoms in total. The third kappa shape index (κ3) is 5.91. The van der Waals surface area contributed by atoms with Crippen molar-refractivity contribution in [3.63, 3.8) is 0 Å². The summed E-state index contributed by atoms with van der Waals surface area (Å²) in [6.45, 7) is 5.67. The Morgan fingerprint density at radius 1 is 0.872 bits per heavy atom. The molecule has 0 spiro atoms. The summed E-state index contributed by atoms with van der Waals surface area (Å²) in [6.07, 6.45) is 0.844. The Hall–Kier alpha value is -3.50. The first-order valence-corrected chi connectivity index (χ1v) is 13.3. The fourth-order valence-electron chi connectivity index (χ4n) is 5.48. The molecule has 4 rings (SSSR count). The van der Waals surface area contributed by atoms with Crippen LogP contribution in [0.15, 0.2) is 30.3 Å². The largest absolute Gasteiger partial charge is 0.493 e. The SMILES string of the molecule is COc1ccc([C@@H]2[C@@H](C(=O)NCCCN3CCN(C)CC3)c3cc(OC)c(OC)cc3C(=O)N2C)cc1OC. The van der Waals surface area contributed by atoms with Gasteiger partial charge in [0, 0.05) is 45.3 Å². The van der Waals surface area contributed by atoms with Crippen LogP contribution in [-0.4, -0.2) is 108 Å². The van der Waals surface area contributed by atoms with Crippen LogP contribution in [0.5, 0.6) is 23.0 Å². The molecule has 1 N–H and O–H groups in total. The molecule has 0 radical (unpaired) electrons. The third-order valence-electron chi connectivity index (χ3n) is 7.75. The first-order chi connectivity index (χ1) is 18.8. The molecule has 2 atom stereocenters. The van der Waals surface area contributed by atoms with Crippen LogP contribution in [0, 0.1) is 0 Å². The van der Waals surface area contributed by atoms with Crippen molar-refractivity contribution in [3.05, 3.63) is 47.0 Å². The number of likely N-dealkylation sites (N-methyl/N-ethyl adjacent to an activating group) is 2. The van der Waals surface area contributed by atoms with Crippen LogP contribution in [0.2, 0.25) is 0 Å². The van der Waals surface area contributed by atoms with Gasteiger partial charge in [-0.2, -0.15) is 0 Å². The van der Waals surface area contributed by atoms with Gasteiger partial charge in [0.15, 0.2) is 23.0 Å². The Balaban J connectivity index is 1.66. The number of hydrogen-bond donors (Lipinski definition) is 1. The number of nitrogens with one attached hydrogen (secondary N) is 1. The molecular weight excluding hydrogens is 500 g/mol. The van der Waals surface area contributed by atoms with Gasteiger partial charge in [0.2, 0.25) is 5.91 Å². The highest BCUT2D eigenvalue weighted by atomic mass is 16.5. The van der Waals surface area contributed by atoms with Crippen molar-refractivity contribution < 1.29 is 28.5 Å². The van der Waals surface area contributed by atoms with Gasteiger partial charge in [-0.15, -0.1) is 0 Å². The van der Waals surface area contributed by atoms with Crippen LogP contribution in [-0.2, 0) is 4.79 Å². The Labute approximate surface area is 230 Å². The highest BCUT2D eigenvalue weighted by Gasteiger charge is 2.43. The lowest BCUT2D eigenvalue weighted by atomic mass is 9.79. The van der Waals surface area contributed by atoms with Crippen LogP contribution in [0.25, 0.3) is 0 Å². The third-order valence-corrected chi connectivity index (χ3v) is 7.75. The zero-order chi connectivity index (χ0) is 28.1. The molecule has 1 saturated heterocycles. The van der Waals surface area contributed by atoms with Crippen molar-refractivity contribution in [2.75, 3.05) is 81.8 Å². The number of amides is 2. The standard InChI is InChI=1S/C29H40N4O6/c1-31-12-14-33(15-13-31)11-7-10-30-28(34)26-20-17-24(38-5)25(39-6)18-21(20)29(35)32(2)27(26)19-8-9-22(36-3)23(16-19)37-4/h8-9,16-18,26-27H,7,10-15H2,1-6H3,(H,30,34)/t26-,27+/m0/s1. The summed E-state index contributed by atoms with van der Waals surface area (Å²) in [5.41, 5.74) is 1.79. The maximum Gasteiger partial charge on any atom is 0.254 e. The maximum atomic E-state index is 13.9. The highest BCUT2D eigenvalue weighted by molar-refractivity contribution is 6.02. The molecule has 0 unspecified atom stereocenters. The van der Waals surface area contributed by atoms with Crippen molar-refractivity contribution in [1.29, 1.82) is 0 Å². The average molecular weight is 541 g/mol. The molecule has 2 aliphatic heterocycles. The van der Waals surface area contributed by atoms with Gasteiger partial charge < -0.3 is 39.0 Å². The van der Waals surface area contributed by atoms with E-state index in [4.69, 9.17) is 18.9 Å².